The molecule has 0 saturated heterocycles. The van der Waals surface area contributed by atoms with Gasteiger partial charge in [-0.1, -0.05) is 41.9 Å². The number of benzene rings is 3. The second kappa shape index (κ2) is 8.75. The molecule has 1 aliphatic heterocycles. The van der Waals surface area contributed by atoms with Gasteiger partial charge in [0.1, 0.15) is 11.4 Å². The number of hydrogen-bond donors (Lipinski definition) is 1. The van der Waals surface area contributed by atoms with E-state index in [1.807, 2.05) is 72.8 Å². The third kappa shape index (κ3) is 5.00. The molecule has 0 aliphatic carbocycles. The predicted octanol–water partition coefficient (Wildman–Crippen LogP) is 6.66. The maximum Gasteiger partial charge on any atom is 0.251 e. The summed E-state index contributed by atoms with van der Waals surface area (Å²) in [5.41, 5.74) is 2.54. The van der Waals surface area contributed by atoms with Gasteiger partial charge in [0, 0.05) is 33.2 Å². The van der Waals surface area contributed by atoms with E-state index < -0.39 is 0 Å². The van der Waals surface area contributed by atoms with Crippen molar-refractivity contribution in [2.75, 3.05) is 0 Å². The minimum atomic E-state index is -0.324. The summed E-state index contributed by atoms with van der Waals surface area (Å²) in [5, 5.41) is 3.93. The van der Waals surface area contributed by atoms with Crippen molar-refractivity contribution in [2.45, 2.75) is 42.6 Å². The number of halogens is 1. The van der Waals surface area contributed by atoms with Crippen molar-refractivity contribution < 1.29 is 9.53 Å². The fraction of sp³-hybridized carbons (Fsp3) is 0.240. The molecule has 1 N–H and O–H groups in total. The number of fused-ring (bicyclic) bond motifs is 1. The number of nitrogens with one attached hydrogen (secondary N) is 1. The monoisotopic (exact) mass is 437 g/mol. The van der Waals surface area contributed by atoms with Crippen molar-refractivity contribution in [2.24, 2.45) is 0 Å². The van der Waals surface area contributed by atoms with Crippen LogP contribution in [-0.2, 0) is 5.75 Å². The maximum absolute atomic E-state index is 12.9. The minimum absolute atomic E-state index is 0.0654. The summed E-state index contributed by atoms with van der Waals surface area (Å²) in [6.45, 7) is 4.10. The van der Waals surface area contributed by atoms with Crippen LogP contribution in [0.2, 0.25) is 5.02 Å². The zero-order valence-electron chi connectivity index (χ0n) is 17.0. The number of thioether (sulfide) groups is 1. The van der Waals surface area contributed by atoms with Crippen LogP contribution in [0.4, 0.5) is 0 Å². The Morgan fingerprint density at radius 1 is 1.07 bits per heavy atom. The fourth-order valence-electron chi connectivity index (χ4n) is 3.62. The van der Waals surface area contributed by atoms with Gasteiger partial charge in [-0.25, -0.2) is 0 Å². The molecule has 0 aromatic heterocycles. The molecule has 0 spiro atoms. The van der Waals surface area contributed by atoms with Crippen molar-refractivity contribution in [1.82, 2.24) is 5.32 Å². The first-order chi connectivity index (χ1) is 14.4. The van der Waals surface area contributed by atoms with Gasteiger partial charge in [-0.2, -0.15) is 0 Å². The predicted molar refractivity (Wildman–Crippen MR) is 123 cm³/mol. The molecule has 1 amide bonds. The number of carbonyl (C=O) groups excluding carboxylic acids is 1. The summed E-state index contributed by atoms with van der Waals surface area (Å²) in [7, 11) is 0. The maximum atomic E-state index is 12.9. The number of rotatable bonds is 5. The number of carbonyl (C=O) groups is 1. The molecular weight excluding hydrogens is 414 g/mol. The van der Waals surface area contributed by atoms with E-state index in [0.717, 1.165) is 28.5 Å². The highest BCUT2D eigenvalue weighted by Gasteiger charge is 2.34. The van der Waals surface area contributed by atoms with Crippen molar-refractivity contribution >= 4 is 29.3 Å². The molecule has 1 heterocycles. The van der Waals surface area contributed by atoms with E-state index in [9.17, 15) is 4.79 Å². The van der Waals surface area contributed by atoms with Gasteiger partial charge in [0.05, 0.1) is 6.04 Å². The topological polar surface area (TPSA) is 38.3 Å². The molecular formula is C25H24ClNO2S. The van der Waals surface area contributed by atoms with E-state index in [0.29, 0.717) is 5.56 Å². The molecule has 0 fully saturated rings. The average Bonchev–Trinajstić information content (AvgIpc) is 2.73. The Balaban J connectivity index is 1.41. The van der Waals surface area contributed by atoms with Crippen LogP contribution in [0.5, 0.6) is 5.75 Å². The first-order valence-electron chi connectivity index (χ1n) is 9.96. The van der Waals surface area contributed by atoms with Gasteiger partial charge in [0.15, 0.2) is 0 Å². The third-order valence-electron chi connectivity index (χ3n) is 5.12. The quantitative estimate of drug-likeness (QED) is 0.453. The van der Waals surface area contributed by atoms with Crippen molar-refractivity contribution in [1.29, 1.82) is 0 Å². The van der Waals surface area contributed by atoms with Crippen LogP contribution in [0.15, 0.2) is 77.7 Å². The smallest absolute Gasteiger partial charge is 0.251 e. The fourth-order valence-corrected chi connectivity index (χ4v) is 4.60. The van der Waals surface area contributed by atoms with Gasteiger partial charge in [-0.05, 0) is 61.9 Å². The van der Waals surface area contributed by atoms with Gasteiger partial charge in [-0.15, -0.1) is 11.8 Å². The Bertz CT molecular complexity index is 1030. The van der Waals surface area contributed by atoms with Gasteiger partial charge in [0.2, 0.25) is 0 Å². The Morgan fingerprint density at radius 3 is 2.50 bits per heavy atom. The third-order valence-corrected chi connectivity index (χ3v) is 6.45. The molecule has 5 heteroatoms. The van der Waals surface area contributed by atoms with Crippen molar-refractivity contribution in [3.05, 3.63) is 94.5 Å². The molecule has 1 aliphatic rings. The zero-order valence-corrected chi connectivity index (χ0v) is 18.6. The Morgan fingerprint density at radius 2 is 1.77 bits per heavy atom. The van der Waals surface area contributed by atoms with Crippen molar-refractivity contribution in [3.8, 4) is 5.75 Å². The standard InChI is InChI=1S/C25H24ClNO2S/c1-25(2)15-22(21-5-3-4-6-23(21)29-25)27-24(28)18-9-7-17(8-10-18)16-30-20-13-11-19(26)12-14-20/h3-14,22H,15-16H2,1-2H3,(H,27,28)/t22-/m1/s1. The molecule has 0 saturated carbocycles. The van der Waals surface area contributed by atoms with Crippen LogP contribution < -0.4 is 10.1 Å². The van der Waals surface area contributed by atoms with Crippen LogP contribution >= 0.6 is 23.4 Å². The largest absolute Gasteiger partial charge is 0.487 e. The highest BCUT2D eigenvalue weighted by Crippen LogP contribution is 2.39. The zero-order chi connectivity index (χ0) is 21.1. The lowest BCUT2D eigenvalue weighted by molar-refractivity contribution is 0.0619. The molecule has 30 heavy (non-hydrogen) atoms. The highest BCUT2D eigenvalue weighted by molar-refractivity contribution is 7.98. The molecule has 154 valence electrons. The second-order valence-corrected chi connectivity index (χ2v) is 9.55. The van der Waals surface area contributed by atoms with Gasteiger partial charge < -0.3 is 10.1 Å². The first kappa shape index (κ1) is 20.8. The highest BCUT2D eigenvalue weighted by atomic mass is 35.5. The summed E-state index contributed by atoms with van der Waals surface area (Å²) >= 11 is 7.68. The molecule has 3 nitrogen and oxygen atoms in total. The minimum Gasteiger partial charge on any atom is -0.487 e. The molecule has 0 radical (unpaired) electrons. The molecule has 3 aromatic carbocycles. The van der Waals surface area contributed by atoms with Gasteiger partial charge in [-0.3, -0.25) is 4.79 Å². The van der Waals surface area contributed by atoms with Gasteiger partial charge in [0.25, 0.3) is 5.91 Å². The lowest BCUT2D eigenvalue weighted by Gasteiger charge is -2.37. The lowest BCUT2D eigenvalue weighted by Crippen LogP contribution is -2.41. The summed E-state index contributed by atoms with van der Waals surface area (Å²) in [6.07, 6.45) is 0.728. The molecule has 0 bridgehead atoms. The van der Waals surface area contributed by atoms with E-state index in [2.05, 4.69) is 19.2 Å². The molecule has 1 atom stereocenters. The second-order valence-electron chi connectivity index (χ2n) is 8.07. The van der Waals surface area contributed by atoms with E-state index in [-0.39, 0.29) is 17.6 Å². The van der Waals surface area contributed by atoms with Crippen LogP contribution in [0.25, 0.3) is 0 Å². The summed E-state index contributed by atoms with van der Waals surface area (Å²) in [5.74, 6) is 1.61. The van der Waals surface area contributed by atoms with Crippen LogP contribution in [0.3, 0.4) is 0 Å². The van der Waals surface area contributed by atoms with E-state index in [4.69, 9.17) is 16.3 Å². The Hall–Kier alpha value is -2.43. The Kier molecular flexibility index (Phi) is 6.07. The van der Waals surface area contributed by atoms with Gasteiger partial charge >= 0.3 is 0 Å². The lowest BCUT2D eigenvalue weighted by atomic mass is 9.89. The summed E-state index contributed by atoms with van der Waals surface area (Å²) in [4.78, 5) is 14.1. The number of hydrogen-bond acceptors (Lipinski definition) is 3. The van der Waals surface area contributed by atoms with Crippen LogP contribution in [0.1, 0.15) is 47.8 Å². The number of amides is 1. The van der Waals surface area contributed by atoms with Crippen LogP contribution in [-0.4, -0.2) is 11.5 Å². The molecule has 4 rings (SSSR count). The van der Waals surface area contributed by atoms with E-state index in [1.165, 1.54) is 10.5 Å². The van der Waals surface area contributed by atoms with Crippen molar-refractivity contribution in [3.63, 3.8) is 0 Å². The Labute approximate surface area is 186 Å². The first-order valence-corrected chi connectivity index (χ1v) is 11.3. The SMILES string of the molecule is CC1(C)C[C@@H](NC(=O)c2ccc(CSc3ccc(Cl)cc3)cc2)c2ccccc2O1. The molecule has 0 unspecified atom stereocenters. The molecule has 3 aromatic rings. The average molecular weight is 438 g/mol. The number of ether oxygens (including phenoxy) is 1. The number of para-hydroxylation sites is 1. The van der Waals surface area contributed by atoms with E-state index in [1.54, 1.807) is 11.8 Å². The van der Waals surface area contributed by atoms with Crippen LogP contribution in [0, 0.1) is 0 Å². The summed E-state index contributed by atoms with van der Waals surface area (Å²) in [6, 6.07) is 23.5. The van der Waals surface area contributed by atoms with E-state index >= 15 is 0 Å². The normalized spacial score (nSPS) is 17.0. The summed E-state index contributed by atoms with van der Waals surface area (Å²) < 4.78 is 6.06.